The number of para-hydroxylation sites is 1. The summed E-state index contributed by atoms with van der Waals surface area (Å²) in [6, 6.07) is 16.1. The van der Waals surface area contributed by atoms with E-state index in [0.717, 1.165) is 23.0 Å². The molecule has 0 aliphatic heterocycles. The highest BCUT2D eigenvalue weighted by atomic mass is 32.1. The number of nitrogens with two attached hydrogens (primary N) is 1. The van der Waals surface area contributed by atoms with Gasteiger partial charge in [0.2, 0.25) is 0 Å². The second-order valence-electron chi connectivity index (χ2n) is 4.42. The Morgan fingerprint density at radius 2 is 1.84 bits per heavy atom. The molecule has 3 rings (SSSR count). The van der Waals surface area contributed by atoms with Gasteiger partial charge in [-0.15, -0.1) is 0 Å². The number of rotatable bonds is 3. The van der Waals surface area contributed by atoms with Crippen molar-refractivity contribution in [1.29, 1.82) is 0 Å². The highest BCUT2D eigenvalue weighted by molar-refractivity contribution is 7.80. The molecule has 1 heterocycles. The molecule has 0 bridgehead atoms. The molecule has 0 aliphatic carbocycles. The van der Waals surface area contributed by atoms with Gasteiger partial charge in [0, 0.05) is 10.9 Å². The van der Waals surface area contributed by atoms with Crippen LogP contribution in [0.2, 0.25) is 0 Å². The van der Waals surface area contributed by atoms with Crippen molar-refractivity contribution in [3.05, 3.63) is 65.9 Å². The van der Waals surface area contributed by atoms with Gasteiger partial charge in [0.05, 0.1) is 18.3 Å². The van der Waals surface area contributed by atoms with Crippen molar-refractivity contribution in [3.8, 4) is 0 Å². The third kappa shape index (κ3) is 2.35. The Morgan fingerprint density at radius 3 is 2.58 bits per heavy atom. The van der Waals surface area contributed by atoms with E-state index in [1.165, 1.54) is 5.56 Å². The third-order valence-electron chi connectivity index (χ3n) is 3.12. The lowest BCUT2D eigenvalue weighted by molar-refractivity contribution is 0.712. The van der Waals surface area contributed by atoms with Crippen LogP contribution in [0, 0.1) is 0 Å². The standard InChI is InChI=1S/C15H13N3S/c16-15(19)12-7-5-11(6-8-12)10-18-14-4-2-1-3-13(14)9-17-18/h1-9H,10H2,(H2,16,19). The molecule has 3 nitrogen and oxygen atoms in total. The van der Waals surface area contributed by atoms with Gasteiger partial charge >= 0.3 is 0 Å². The van der Waals surface area contributed by atoms with E-state index in [4.69, 9.17) is 18.0 Å². The topological polar surface area (TPSA) is 43.8 Å². The van der Waals surface area contributed by atoms with Crippen LogP contribution in [-0.2, 0) is 6.54 Å². The molecule has 1 aromatic heterocycles. The zero-order valence-corrected chi connectivity index (χ0v) is 11.1. The molecule has 0 fully saturated rings. The first-order valence-electron chi connectivity index (χ1n) is 6.03. The van der Waals surface area contributed by atoms with Crippen molar-refractivity contribution in [2.45, 2.75) is 6.54 Å². The minimum absolute atomic E-state index is 0.427. The summed E-state index contributed by atoms with van der Waals surface area (Å²) < 4.78 is 1.99. The van der Waals surface area contributed by atoms with Crippen LogP contribution in [0.5, 0.6) is 0 Å². The van der Waals surface area contributed by atoms with Gasteiger partial charge in [-0.3, -0.25) is 4.68 Å². The van der Waals surface area contributed by atoms with E-state index in [-0.39, 0.29) is 0 Å². The minimum Gasteiger partial charge on any atom is -0.389 e. The molecule has 0 amide bonds. The SMILES string of the molecule is NC(=S)c1ccc(Cn2ncc3ccccc32)cc1. The summed E-state index contributed by atoms with van der Waals surface area (Å²) in [6.07, 6.45) is 1.89. The van der Waals surface area contributed by atoms with E-state index >= 15 is 0 Å². The van der Waals surface area contributed by atoms with Crippen LogP contribution in [0.25, 0.3) is 10.9 Å². The third-order valence-corrected chi connectivity index (χ3v) is 3.36. The molecule has 0 unspecified atom stereocenters. The van der Waals surface area contributed by atoms with Crippen molar-refractivity contribution >= 4 is 28.1 Å². The summed E-state index contributed by atoms with van der Waals surface area (Å²) in [5.74, 6) is 0. The molecule has 4 heteroatoms. The smallest absolute Gasteiger partial charge is 0.103 e. The first-order valence-corrected chi connectivity index (χ1v) is 6.44. The van der Waals surface area contributed by atoms with Crippen LogP contribution in [0.1, 0.15) is 11.1 Å². The molecular weight excluding hydrogens is 254 g/mol. The fraction of sp³-hybridized carbons (Fsp3) is 0.0667. The van der Waals surface area contributed by atoms with Gasteiger partial charge in [-0.25, -0.2) is 0 Å². The van der Waals surface area contributed by atoms with Crippen molar-refractivity contribution < 1.29 is 0 Å². The quantitative estimate of drug-likeness (QED) is 0.742. The summed E-state index contributed by atoms with van der Waals surface area (Å²) in [5, 5.41) is 5.57. The van der Waals surface area contributed by atoms with E-state index in [1.54, 1.807) is 0 Å². The van der Waals surface area contributed by atoms with E-state index in [2.05, 4.69) is 17.2 Å². The zero-order chi connectivity index (χ0) is 13.2. The lowest BCUT2D eigenvalue weighted by Gasteiger charge is -2.05. The van der Waals surface area contributed by atoms with Crippen LogP contribution < -0.4 is 5.73 Å². The number of fused-ring (bicyclic) bond motifs is 1. The summed E-state index contributed by atoms with van der Waals surface area (Å²) in [7, 11) is 0. The average Bonchev–Trinajstić information content (AvgIpc) is 2.83. The molecule has 2 aromatic carbocycles. The fourth-order valence-electron chi connectivity index (χ4n) is 2.10. The zero-order valence-electron chi connectivity index (χ0n) is 10.3. The second-order valence-corrected chi connectivity index (χ2v) is 4.86. The van der Waals surface area contributed by atoms with Gasteiger partial charge in [-0.1, -0.05) is 54.7 Å². The molecule has 0 atom stereocenters. The Kier molecular flexibility index (Phi) is 3.01. The van der Waals surface area contributed by atoms with Crippen molar-refractivity contribution in [2.24, 2.45) is 5.73 Å². The predicted molar refractivity (Wildman–Crippen MR) is 81.2 cm³/mol. The Hall–Kier alpha value is -2.20. The molecule has 3 aromatic rings. The van der Waals surface area contributed by atoms with Crippen LogP contribution in [-0.4, -0.2) is 14.8 Å². The van der Waals surface area contributed by atoms with Gasteiger partial charge in [-0.2, -0.15) is 5.10 Å². The number of benzene rings is 2. The number of nitrogens with zero attached hydrogens (tertiary/aromatic N) is 2. The number of hydrogen-bond acceptors (Lipinski definition) is 2. The minimum atomic E-state index is 0.427. The van der Waals surface area contributed by atoms with Crippen LogP contribution >= 0.6 is 12.2 Å². The van der Waals surface area contributed by atoms with Gasteiger partial charge in [0.1, 0.15) is 4.99 Å². The summed E-state index contributed by atoms with van der Waals surface area (Å²) >= 11 is 4.94. The lowest BCUT2D eigenvalue weighted by atomic mass is 10.1. The second kappa shape index (κ2) is 4.82. The maximum absolute atomic E-state index is 5.59. The van der Waals surface area contributed by atoms with E-state index in [1.807, 2.05) is 47.3 Å². The molecular formula is C15H13N3S. The summed E-state index contributed by atoms with van der Waals surface area (Å²) in [6.45, 7) is 0.741. The van der Waals surface area contributed by atoms with Crippen molar-refractivity contribution in [1.82, 2.24) is 9.78 Å². The highest BCUT2D eigenvalue weighted by Gasteiger charge is 2.03. The van der Waals surface area contributed by atoms with E-state index in [0.29, 0.717) is 4.99 Å². The number of aromatic nitrogens is 2. The lowest BCUT2D eigenvalue weighted by Crippen LogP contribution is -2.09. The Labute approximate surface area is 116 Å². The fourth-order valence-corrected chi connectivity index (χ4v) is 2.24. The normalized spacial score (nSPS) is 10.7. The van der Waals surface area contributed by atoms with Crippen LogP contribution in [0.15, 0.2) is 54.7 Å². The molecule has 0 spiro atoms. The predicted octanol–water partition coefficient (Wildman–Crippen LogP) is 2.72. The maximum Gasteiger partial charge on any atom is 0.103 e. The van der Waals surface area contributed by atoms with Crippen molar-refractivity contribution in [3.63, 3.8) is 0 Å². The molecule has 0 saturated heterocycles. The van der Waals surface area contributed by atoms with Crippen molar-refractivity contribution in [2.75, 3.05) is 0 Å². The largest absolute Gasteiger partial charge is 0.389 e. The first-order chi connectivity index (χ1) is 9.24. The number of hydrogen-bond donors (Lipinski definition) is 1. The molecule has 94 valence electrons. The summed E-state index contributed by atoms with van der Waals surface area (Å²) in [4.78, 5) is 0.427. The maximum atomic E-state index is 5.59. The highest BCUT2D eigenvalue weighted by Crippen LogP contribution is 2.14. The Balaban J connectivity index is 1.90. The molecule has 2 N–H and O–H groups in total. The number of thiocarbonyl (C=S) groups is 1. The molecule has 0 saturated carbocycles. The Morgan fingerprint density at radius 1 is 1.11 bits per heavy atom. The Bertz CT molecular complexity index is 728. The van der Waals surface area contributed by atoms with E-state index in [9.17, 15) is 0 Å². The van der Waals surface area contributed by atoms with Crippen LogP contribution in [0.4, 0.5) is 0 Å². The van der Waals surface area contributed by atoms with Gasteiger partial charge in [0.15, 0.2) is 0 Å². The van der Waals surface area contributed by atoms with E-state index < -0.39 is 0 Å². The van der Waals surface area contributed by atoms with Gasteiger partial charge in [-0.05, 0) is 11.6 Å². The molecule has 0 radical (unpaired) electrons. The molecule has 0 aliphatic rings. The summed E-state index contributed by atoms with van der Waals surface area (Å²) in [5.41, 5.74) is 8.80. The van der Waals surface area contributed by atoms with Crippen LogP contribution in [0.3, 0.4) is 0 Å². The average molecular weight is 267 g/mol. The first kappa shape index (κ1) is 11.9. The molecule has 19 heavy (non-hydrogen) atoms. The van der Waals surface area contributed by atoms with Gasteiger partial charge in [0.25, 0.3) is 0 Å². The monoisotopic (exact) mass is 267 g/mol. The van der Waals surface area contributed by atoms with Gasteiger partial charge < -0.3 is 5.73 Å².